The third-order valence-electron chi connectivity index (χ3n) is 5.63. The Morgan fingerprint density at radius 1 is 0.627 bits per heavy atom. The number of phenolic OH excluding ortho intramolecular Hbond substituents is 2. The fraction of sp³-hybridized carbons (Fsp3) is 0.167. The van der Waals surface area contributed by atoms with Gasteiger partial charge in [-0.3, -0.25) is 19.2 Å². The van der Waals surface area contributed by atoms with Crippen molar-refractivity contribution in [3.63, 3.8) is 0 Å². The summed E-state index contributed by atoms with van der Waals surface area (Å²) in [5.41, 5.74) is -1.58. The normalized spacial score (nSPS) is 9.84. The van der Waals surface area contributed by atoms with Gasteiger partial charge in [0.25, 0.3) is 0 Å². The van der Waals surface area contributed by atoms with Gasteiger partial charge in [-0.1, -0.05) is 47.9 Å². The summed E-state index contributed by atoms with van der Waals surface area (Å²) in [5, 5.41) is 41.5. The van der Waals surface area contributed by atoms with Crippen molar-refractivity contribution in [3.8, 4) is 23.0 Å². The third kappa shape index (κ3) is 16.7. The van der Waals surface area contributed by atoms with Crippen LogP contribution < -0.4 is 21.5 Å². The number of nitrogens with zero attached hydrogens (tertiary/aromatic N) is 2. The number of aromatic hydroxyl groups is 2. The van der Waals surface area contributed by atoms with Crippen LogP contribution in [-0.2, 0) is 26.7 Å². The van der Waals surface area contributed by atoms with E-state index in [1.54, 1.807) is 52.5 Å². The summed E-state index contributed by atoms with van der Waals surface area (Å²) >= 11 is 0. The van der Waals surface area contributed by atoms with Crippen LogP contribution in [-0.4, -0.2) is 72.6 Å². The van der Waals surface area contributed by atoms with E-state index in [2.05, 4.69) is 0 Å². The number of ketones is 2. The van der Waals surface area contributed by atoms with Gasteiger partial charge in [0, 0.05) is 28.2 Å². The number of carbonyl (C=O) groups excluding carboxylic acids is 4. The SMILES string of the molecule is CN(C)C=O.CN(C)C=O.Cc1cc([O-])c(C(=O)/C=C/c2ccc(O)cc2)c(=O)o1.Cc1cc([O-])c(C(=O)/C=C/c2ccc(O)cc2)c(=O)o1.[Mn+2]. The standard InChI is InChI=1S/2C15H12O5.2C3H7NO.Mn/c2*1-9-8-13(18)14(15(19)20-9)12(17)7-4-10-2-5-11(16)6-3-10;2*1-4(2)3-5;/h2*2-8,16,18H,1H3;2*3H,1-2H3;/q;;;;+2/p-2/b2*7-4+;;;. The van der Waals surface area contributed by atoms with Crippen LogP contribution in [0, 0.1) is 13.8 Å². The molecule has 0 fully saturated rings. The van der Waals surface area contributed by atoms with Crippen molar-refractivity contribution in [1.82, 2.24) is 9.80 Å². The van der Waals surface area contributed by atoms with E-state index in [-0.39, 0.29) is 40.1 Å². The number of carbonyl (C=O) groups is 4. The zero-order chi connectivity index (χ0) is 38.0. The van der Waals surface area contributed by atoms with Gasteiger partial charge in [-0.05, 0) is 73.5 Å². The van der Waals surface area contributed by atoms with Crippen molar-refractivity contribution < 1.29 is 65.5 Å². The van der Waals surface area contributed by atoms with E-state index in [1.165, 1.54) is 60.1 Å². The van der Waals surface area contributed by atoms with E-state index < -0.39 is 45.4 Å². The van der Waals surface area contributed by atoms with E-state index in [4.69, 9.17) is 19.0 Å². The van der Waals surface area contributed by atoms with Gasteiger partial charge >= 0.3 is 28.3 Å². The number of phenols is 2. The fourth-order valence-electron chi connectivity index (χ4n) is 3.29. The number of hydrogen-bond donors (Lipinski definition) is 2. The molecule has 2 aromatic carbocycles. The minimum Gasteiger partial charge on any atom is -0.872 e. The molecule has 51 heavy (non-hydrogen) atoms. The summed E-state index contributed by atoms with van der Waals surface area (Å²) in [5.74, 6) is -2.19. The van der Waals surface area contributed by atoms with Crippen molar-refractivity contribution in [3.05, 3.63) is 127 Å². The molecule has 0 saturated carbocycles. The largest absolute Gasteiger partial charge is 2.00 e. The number of hydrogen-bond acceptors (Lipinski definition) is 12. The van der Waals surface area contributed by atoms with Crippen LogP contribution in [0.15, 0.2) is 91.2 Å². The van der Waals surface area contributed by atoms with Crippen LogP contribution in [0.4, 0.5) is 0 Å². The number of allylic oxidation sites excluding steroid dienone is 2. The van der Waals surface area contributed by atoms with Crippen LogP contribution in [0.2, 0.25) is 0 Å². The van der Waals surface area contributed by atoms with Crippen molar-refractivity contribution in [1.29, 1.82) is 0 Å². The Labute approximate surface area is 303 Å². The first-order valence-electron chi connectivity index (χ1n) is 14.4. The number of amides is 2. The van der Waals surface area contributed by atoms with E-state index in [0.717, 1.165) is 37.1 Å². The first-order chi connectivity index (χ1) is 23.5. The maximum Gasteiger partial charge on any atom is 2.00 e. The molecule has 0 atom stereocenters. The van der Waals surface area contributed by atoms with Gasteiger partial charge < -0.3 is 39.1 Å². The Balaban J connectivity index is 0.000000764. The molecule has 2 heterocycles. The predicted octanol–water partition coefficient (Wildman–Crippen LogP) is 2.65. The topological polar surface area (TPSA) is 222 Å². The maximum atomic E-state index is 11.8. The average molecular weight is 744 g/mol. The molecule has 269 valence electrons. The van der Waals surface area contributed by atoms with E-state index in [9.17, 15) is 39.0 Å². The van der Waals surface area contributed by atoms with Gasteiger partial charge in [0.15, 0.2) is 11.6 Å². The Bertz CT molecular complexity index is 1790. The first-order valence-corrected chi connectivity index (χ1v) is 14.4. The monoisotopic (exact) mass is 743 g/mol. The summed E-state index contributed by atoms with van der Waals surface area (Å²) < 4.78 is 9.47. The second-order valence-corrected chi connectivity index (χ2v) is 10.5. The number of benzene rings is 2. The van der Waals surface area contributed by atoms with Crippen molar-refractivity contribution in [2.75, 3.05) is 28.2 Å². The van der Waals surface area contributed by atoms with E-state index >= 15 is 0 Å². The van der Waals surface area contributed by atoms with Gasteiger partial charge in [-0.15, -0.1) is 0 Å². The predicted molar refractivity (Wildman–Crippen MR) is 181 cm³/mol. The molecule has 0 spiro atoms. The second kappa shape index (κ2) is 22.5. The molecule has 0 bridgehead atoms. The minimum absolute atomic E-state index is 0. The summed E-state index contributed by atoms with van der Waals surface area (Å²) in [4.78, 5) is 68.4. The second-order valence-electron chi connectivity index (χ2n) is 10.5. The maximum absolute atomic E-state index is 11.8. The van der Waals surface area contributed by atoms with Gasteiger partial charge in [0.2, 0.25) is 12.8 Å². The van der Waals surface area contributed by atoms with Gasteiger partial charge in [0.05, 0.1) is 11.1 Å². The third-order valence-corrected chi connectivity index (χ3v) is 5.63. The summed E-state index contributed by atoms with van der Waals surface area (Å²) in [6.07, 6.45) is 6.63. The smallest absolute Gasteiger partial charge is 0.872 e. The molecule has 14 nitrogen and oxygen atoms in total. The Hall–Kier alpha value is -6.18. The summed E-state index contributed by atoms with van der Waals surface area (Å²) in [6.45, 7) is 2.92. The zero-order valence-electron chi connectivity index (χ0n) is 28.5. The molecule has 2 amide bonds. The summed E-state index contributed by atoms with van der Waals surface area (Å²) in [6, 6.07) is 14.4. The zero-order valence-corrected chi connectivity index (χ0v) is 29.7. The minimum atomic E-state index is -0.935. The molecule has 0 aliphatic carbocycles. The molecule has 1 radical (unpaired) electrons. The quantitative estimate of drug-likeness (QED) is 0.115. The molecular weight excluding hydrogens is 707 g/mol. The molecule has 4 aromatic rings. The number of rotatable bonds is 8. The van der Waals surface area contributed by atoms with Gasteiger partial charge in [-0.25, -0.2) is 9.59 Å². The molecule has 0 aliphatic heterocycles. The molecule has 2 aromatic heterocycles. The van der Waals surface area contributed by atoms with Gasteiger partial charge in [0.1, 0.15) is 23.0 Å². The van der Waals surface area contributed by atoms with Crippen LogP contribution in [0.3, 0.4) is 0 Å². The van der Waals surface area contributed by atoms with Crippen LogP contribution >= 0.6 is 0 Å². The Kier molecular flexibility index (Phi) is 19.7. The van der Waals surface area contributed by atoms with Crippen LogP contribution in [0.1, 0.15) is 43.4 Å². The van der Waals surface area contributed by atoms with E-state index in [0.29, 0.717) is 11.1 Å². The fourth-order valence-corrected chi connectivity index (χ4v) is 3.29. The molecule has 0 unspecified atom stereocenters. The van der Waals surface area contributed by atoms with Crippen LogP contribution in [0.25, 0.3) is 12.2 Å². The summed E-state index contributed by atoms with van der Waals surface area (Å²) in [7, 11) is 6.75. The van der Waals surface area contributed by atoms with Crippen LogP contribution in [0.5, 0.6) is 23.0 Å². The molecule has 4 rings (SSSR count). The molecule has 2 N–H and O–H groups in total. The molecular formula is C36H36MnN2O12. The molecule has 0 saturated heterocycles. The van der Waals surface area contributed by atoms with Crippen molar-refractivity contribution >= 4 is 36.5 Å². The van der Waals surface area contributed by atoms with Crippen molar-refractivity contribution in [2.45, 2.75) is 13.8 Å². The van der Waals surface area contributed by atoms with Gasteiger partial charge in [-0.2, -0.15) is 0 Å². The van der Waals surface area contributed by atoms with E-state index in [1.807, 2.05) is 0 Å². The average Bonchev–Trinajstić information content (AvgIpc) is 3.04. The Morgan fingerprint density at radius 2 is 0.902 bits per heavy atom. The molecule has 15 heteroatoms. The number of aryl methyl sites for hydroxylation is 2. The first kappa shape index (κ1) is 44.8. The van der Waals surface area contributed by atoms with Crippen molar-refractivity contribution in [2.24, 2.45) is 0 Å². The Morgan fingerprint density at radius 3 is 1.14 bits per heavy atom. The molecule has 0 aliphatic rings.